The lowest BCUT2D eigenvalue weighted by Crippen LogP contribution is -2.62. The zero-order chi connectivity index (χ0) is 33.2. The molecule has 1 amide bonds. The van der Waals surface area contributed by atoms with Crippen LogP contribution >= 0.6 is 0 Å². The number of nitrogens with one attached hydrogen (secondary N) is 1. The monoisotopic (exact) mass is 643 g/mol. The average molecular weight is 644 g/mol. The highest BCUT2D eigenvalue weighted by molar-refractivity contribution is 5.92. The summed E-state index contributed by atoms with van der Waals surface area (Å²) in [5, 5.41) is 3.56. The van der Waals surface area contributed by atoms with Gasteiger partial charge in [0.15, 0.2) is 5.78 Å². The van der Waals surface area contributed by atoms with E-state index in [2.05, 4.69) is 79.2 Å². The number of amides is 1. The van der Waals surface area contributed by atoms with Crippen LogP contribution in [-0.4, -0.2) is 95.8 Å². The van der Waals surface area contributed by atoms with E-state index < -0.39 is 6.04 Å². The highest BCUT2D eigenvalue weighted by atomic mass is 16.5. The minimum atomic E-state index is -0.548. The molecule has 0 unspecified atom stereocenters. The lowest BCUT2D eigenvalue weighted by molar-refractivity contribution is -0.144. The molecule has 3 aliphatic heterocycles. The number of carbonyl (C=O) groups excluding carboxylic acids is 2. The smallest absolute Gasteiger partial charge is 0.288 e. The molecule has 47 heavy (non-hydrogen) atoms. The van der Waals surface area contributed by atoms with E-state index in [1.807, 2.05) is 23.1 Å². The molecule has 0 radical (unpaired) electrons. The third kappa shape index (κ3) is 9.66. The van der Waals surface area contributed by atoms with E-state index in [4.69, 9.17) is 9.73 Å². The Bertz CT molecular complexity index is 1310. The molecule has 3 heterocycles. The molecule has 0 saturated carbocycles. The van der Waals surface area contributed by atoms with E-state index in [1.54, 1.807) is 0 Å². The van der Waals surface area contributed by atoms with Gasteiger partial charge in [0.05, 0.1) is 12.1 Å². The van der Waals surface area contributed by atoms with Gasteiger partial charge in [-0.1, -0.05) is 88.2 Å². The Morgan fingerprint density at radius 1 is 0.936 bits per heavy atom. The van der Waals surface area contributed by atoms with E-state index >= 15 is 0 Å². The molecule has 2 fully saturated rings. The molecule has 5 rings (SSSR count). The fourth-order valence-electron chi connectivity index (χ4n) is 7.25. The molecule has 1 N–H and O–H groups in total. The van der Waals surface area contributed by atoms with E-state index in [-0.39, 0.29) is 35.9 Å². The van der Waals surface area contributed by atoms with E-state index in [0.717, 1.165) is 43.4 Å². The van der Waals surface area contributed by atoms with Crippen LogP contribution in [0.15, 0.2) is 59.6 Å². The fourth-order valence-corrected chi connectivity index (χ4v) is 7.25. The molecular formula is C39H57N5O3. The second-order valence-electron chi connectivity index (χ2n) is 14.0. The number of nitrogens with zero attached hydrogens (tertiary/aromatic N) is 4. The van der Waals surface area contributed by atoms with Gasteiger partial charge in [0.25, 0.3) is 6.02 Å². The lowest BCUT2D eigenvalue weighted by atomic mass is 9.98. The summed E-state index contributed by atoms with van der Waals surface area (Å²) in [6.45, 7) is 13.4. The first kappa shape index (κ1) is 35.1. The zero-order valence-electron chi connectivity index (χ0n) is 29.2. The Kier molecular flexibility index (Phi) is 12.9. The summed E-state index contributed by atoms with van der Waals surface area (Å²) < 4.78 is 6.43. The van der Waals surface area contributed by atoms with Crippen LogP contribution in [0.3, 0.4) is 0 Å². The van der Waals surface area contributed by atoms with Crippen LogP contribution in [0, 0.1) is 0 Å². The number of hydrogen-bond donors (Lipinski definition) is 1. The maximum absolute atomic E-state index is 14.3. The molecule has 8 heteroatoms. The van der Waals surface area contributed by atoms with Crippen molar-refractivity contribution in [3.8, 4) is 0 Å². The van der Waals surface area contributed by atoms with Crippen LogP contribution in [-0.2, 0) is 27.2 Å². The molecule has 0 aromatic heterocycles. The van der Waals surface area contributed by atoms with E-state index in [1.165, 1.54) is 37.9 Å². The summed E-state index contributed by atoms with van der Waals surface area (Å²) >= 11 is 0. The first-order valence-corrected chi connectivity index (χ1v) is 18.3. The lowest BCUT2D eigenvalue weighted by Gasteiger charge is -2.42. The van der Waals surface area contributed by atoms with E-state index in [0.29, 0.717) is 38.5 Å². The van der Waals surface area contributed by atoms with Gasteiger partial charge in [-0.05, 0) is 81.8 Å². The standard InChI is InChI=1S/C39H57N5O3/c1-5-31-17-19-32(20-18-31)21-22-36(45)35-28-43(39-41-30(4)37(47-39)33-14-8-6-9-15-33)26-27-44(35)38(46)34(40-29(2)3)16-10-13-25-42-23-11-7-12-24-42/h6,8-9,14-15,17-20,29-30,34-35,37,40H,5,7,10-13,16,21-28H2,1-4H3/t30-,34+,35-,37+/m0/s1. The van der Waals surface area contributed by atoms with Crippen molar-refractivity contribution in [3.05, 3.63) is 71.3 Å². The Morgan fingerprint density at radius 3 is 2.36 bits per heavy atom. The number of amidine groups is 1. The van der Waals surface area contributed by atoms with Gasteiger partial charge in [0, 0.05) is 32.1 Å². The Balaban J connectivity index is 1.28. The van der Waals surface area contributed by atoms with Gasteiger partial charge in [-0.15, -0.1) is 0 Å². The SMILES string of the molecule is CCc1ccc(CCC(=O)[C@@H]2CN(C3=N[C@@H](C)[C@H](c4ccccc4)O3)CCN2C(=O)[C@@H](CCCCN2CCCCC2)NC(C)C)cc1. The molecule has 0 bridgehead atoms. The molecule has 0 aliphatic carbocycles. The van der Waals surface area contributed by atoms with Crippen LogP contribution < -0.4 is 5.32 Å². The van der Waals surface area contributed by atoms with Gasteiger partial charge < -0.3 is 24.8 Å². The number of carbonyl (C=O) groups is 2. The van der Waals surface area contributed by atoms with Crippen molar-refractivity contribution in [1.29, 1.82) is 0 Å². The average Bonchev–Trinajstić information content (AvgIpc) is 3.50. The van der Waals surface area contributed by atoms with Crippen LogP contribution in [0.25, 0.3) is 0 Å². The summed E-state index contributed by atoms with van der Waals surface area (Å²) in [6.07, 6.45) is 8.69. The van der Waals surface area contributed by atoms with Gasteiger partial charge >= 0.3 is 0 Å². The van der Waals surface area contributed by atoms with Crippen molar-refractivity contribution >= 4 is 17.7 Å². The van der Waals surface area contributed by atoms with Gasteiger partial charge in [-0.3, -0.25) is 9.59 Å². The largest absolute Gasteiger partial charge is 0.455 e. The molecule has 8 nitrogen and oxygen atoms in total. The van der Waals surface area contributed by atoms with Gasteiger partial charge in [0.2, 0.25) is 5.91 Å². The summed E-state index contributed by atoms with van der Waals surface area (Å²) in [4.78, 5) is 39.8. The third-order valence-corrected chi connectivity index (χ3v) is 10.0. The second kappa shape index (κ2) is 17.3. The minimum Gasteiger partial charge on any atom is -0.455 e. The molecule has 2 aromatic carbocycles. The summed E-state index contributed by atoms with van der Waals surface area (Å²) in [7, 11) is 0. The van der Waals surface area contributed by atoms with Crippen LogP contribution in [0.5, 0.6) is 0 Å². The fraction of sp³-hybridized carbons (Fsp3) is 0.615. The zero-order valence-corrected chi connectivity index (χ0v) is 29.2. The van der Waals surface area contributed by atoms with Gasteiger partial charge in [0.1, 0.15) is 12.1 Å². The minimum absolute atomic E-state index is 0.0307. The van der Waals surface area contributed by atoms with Crippen LogP contribution in [0.2, 0.25) is 0 Å². The predicted molar refractivity (Wildman–Crippen MR) is 190 cm³/mol. The number of rotatable bonds is 14. The van der Waals surface area contributed by atoms with Crippen molar-refractivity contribution in [1.82, 2.24) is 20.0 Å². The van der Waals surface area contributed by atoms with Crippen LogP contribution in [0.1, 0.15) is 95.4 Å². The number of benzene rings is 2. The molecule has 3 aliphatic rings. The quantitative estimate of drug-likeness (QED) is 0.262. The number of ketones is 1. The summed E-state index contributed by atoms with van der Waals surface area (Å²) in [5.41, 5.74) is 3.54. The maximum atomic E-state index is 14.3. The third-order valence-electron chi connectivity index (χ3n) is 10.0. The first-order valence-electron chi connectivity index (χ1n) is 18.3. The normalized spacial score (nSPS) is 22.7. The molecule has 2 saturated heterocycles. The Morgan fingerprint density at radius 2 is 1.66 bits per heavy atom. The number of piperazine rings is 1. The number of unbranched alkanes of at least 4 members (excludes halogenated alkanes) is 1. The summed E-state index contributed by atoms with van der Waals surface area (Å²) in [5.74, 6) is 0.147. The van der Waals surface area contributed by atoms with Crippen molar-refractivity contribution in [2.45, 2.75) is 116 Å². The maximum Gasteiger partial charge on any atom is 0.288 e. The number of piperidine rings is 1. The van der Waals surface area contributed by atoms with Crippen molar-refractivity contribution in [2.75, 3.05) is 39.3 Å². The first-order chi connectivity index (χ1) is 22.8. The molecule has 0 spiro atoms. The number of ether oxygens (including phenoxy) is 1. The topological polar surface area (TPSA) is 77.5 Å². The van der Waals surface area contributed by atoms with Crippen molar-refractivity contribution in [2.24, 2.45) is 4.99 Å². The molecule has 4 atom stereocenters. The second-order valence-corrected chi connectivity index (χ2v) is 14.0. The Hall–Kier alpha value is -3.23. The Labute approximate surface area is 282 Å². The molecular weight excluding hydrogens is 586 g/mol. The number of aryl methyl sites for hydroxylation is 2. The predicted octanol–water partition coefficient (Wildman–Crippen LogP) is 5.80. The van der Waals surface area contributed by atoms with Gasteiger partial charge in [-0.25, -0.2) is 4.99 Å². The van der Waals surface area contributed by atoms with Crippen molar-refractivity contribution < 1.29 is 14.3 Å². The van der Waals surface area contributed by atoms with Crippen LogP contribution in [0.4, 0.5) is 0 Å². The number of Topliss-reactive ketones (excluding diaryl/α,β-unsaturated/α-hetero) is 1. The highest BCUT2D eigenvalue weighted by Gasteiger charge is 2.41. The summed E-state index contributed by atoms with van der Waals surface area (Å²) in [6, 6.07) is 18.6. The number of hydrogen-bond acceptors (Lipinski definition) is 7. The molecule has 2 aromatic rings. The van der Waals surface area contributed by atoms with Crippen molar-refractivity contribution in [3.63, 3.8) is 0 Å². The highest BCUT2D eigenvalue weighted by Crippen LogP contribution is 2.31. The number of likely N-dealkylation sites (tertiary alicyclic amines) is 1. The molecule has 256 valence electrons. The van der Waals surface area contributed by atoms with E-state index in [9.17, 15) is 9.59 Å². The van der Waals surface area contributed by atoms with Gasteiger partial charge in [-0.2, -0.15) is 0 Å². The number of aliphatic imine (C=N–C) groups is 1.